The molecule has 0 saturated heterocycles. The van der Waals surface area contributed by atoms with Gasteiger partial charge in [0.2, 0.25) is 0 Å². The number of carbonyl (C=O) groups is 1. The van der Waals surface area contributed by atoms with E-state index in [1.165, 1.54) is 12.1 Å². The number of rotatable bonds is 2. The zero-order chi connectivity index (χ0) is 12.3. The van der Waals surface area contributed by atoms with Crippen LogP contribution in [-0.4, -0.2) is 11.8 Å². The van der Waals surface area contributed by atoms with Crippen LogP contribution in [0.5, 0.6) is 0 Å². The third kappa shape index (κ3) is 2.91. The van der Waals surface area contributed by atoms with Crippen LogP contribution in [0.2, 0.25) is 0 Å². The minimum Gasteiger partial charge on any atom is -0.327 e. The monoisotopic (exact) mass is 235 g/mol. The molecule has 1 aromatic carbocycles. The van der Waals surface area contributed by atoms with Crippen LogP contribution >= 0.6 is 0 Å². The average Bonchev–Trinajstić information content (AvgIpc) is 2.54. The van der Waals surface area contributed by atoms with Crippen LogP contribution in [0.4, 0.5) is 4.39 Å². The van der Waals surface area contributed by atoms with Gasteiger partial charge in [0, 0.05) is 17.5 Å². The smallest absolute Gasteiger partial charge is 0.167 e. The van der Waals surface area contributed by atoms with Crippen LogP contribution in [0.25, 0.3) is 0 Å². The van der Waals surface area contributed by atoms with E-state index < -0.39 is 0 Å². The van der Waals surface area contributed by atoms with Crippen LogP contribution in [0.3, 0.4) is 0 Å². The summed E-state index contributed by atoms with van der Waals surface area (Å²) < 4.78 is 12.8. The second kappa shape index (κ2) is 5.41. The molecule has 0 amide bonds. The SMILES string of the molecule is NC1CCCCCC1C(=O)c1ccc(F)cc1. The topological polar surface area (TPSA) is 43.1 Å². The zero-order valence-electron chi connectivity index (χ0n) is 9.86. The fraction of sp³-hybridized carbons (Fsp3) is 0.500. The number of ketones is 1. The maximum atomic E-state index is 12.8. The molecule has 92 valence electrons. The fourth-order valence-electron chi connectivity index (χ4n) is 2.49. The highest BCUT2D eigenvalue weighted by atomic mass is 19.1. The highest BCUT2D eigenvalue weighted by molar-refractivity contribution is 5.98. The Bertz CT molecular complexity index is 388. The van der Waals surface area contributed by atoms with Crippen molar-refractivity contribution in [1.82, 2.24) is 0 Å². The van der Waals surface area contributed by atoms with Crippen LogP contribution in [0, 0.1) is 11.7 Å². The van der Waals surface area contributed by atoms with Crippen LogP contribution in [-0.2, 0) is 0 Å². The van der Waals surface area contributed by atoms with E-state index in [-0.39, 0.29) is 23.6 Å². The number of Topliss-reactive ketones (excluding diaryl/α,β-unsaturated/α-hetero) is 1. The van der Waals surface area contributed by atoms with Gasteiger partial charge in [-0.05, 0) is 37.1 Å². The molecular weight excluding hydrogens is 217 g/mol. The molecule has 0 heterocycles. The molecule has 0 spiro atoms. The molecule has 1 fully saturated rings. The van der Waals surface area contributed by atoms with Crippen molar-refractivity contribution >= 4 is 5.78 Å². The minimum atomic E-state index is -0.313. The molecule has 2 unspecified atom stereocenters. The number of nitrogens with two attached hydrogens (primary N) is 1. The Morgan fingerprint density at radius 1 is 1.12 bits per heavy atom. The van der Waals surface area contributed by atoms with Gasteiger partial charge in [-0.2, -0.15) is 0 Å². The first-order chi connectivity index (χ1) is 8.18. The van der Waals surface area contributed by atoms with Crippen LogP contribution in [0.15, 0.2) is 24.3 Å². The third-order valence-corrected chi connectivity index (χ3v) is 3.53. The largest absolute Gasteiger partial charge is 0.327 e. The zero-order valence-corrected chi connectivity index (χ0v) is 9.86. The second-order valence-corrected chi connectivity index (χ2v) is 4.78. The van der Waals surface area contributed by atoms with Crippen molar-refractivity contribution in [2.45, 2.75) is 38.1 Å². The van der Waals surface area contributed by atoms with E-state index in [2.05, 4.69) is 0 Å². The molecule has 0 aliphatic heterocycles. The molecule has 2 nitrogen and oxygen atoms in total. The maximum Gasteiger partial charge on any atom is 0.167 e. The normalized spacial score (nSPS) is 25.3. The Morgan fingerprint density at radius 2 is 1.76 bits per heavy atom. The van der Waals surface area contributed by atoms with E-state index in [0.717, 1.165) is 32.1 Å². The summed E-state index contributed by atoms with van der Waals surface area (Å²) in [6.07, 6.45) is 5.09. The summed E-state index contributed by atoms with van der Waals surface area (Å²) in [6.45, 7) is 0. The number of hydrogen-bond donors (Lipinski definition) is 1. The number of benzene rings is 1. The first kappa shape index (κ1) is 12.2. The third-order valence-electron chi connectivity index (χ3n) is 3.53. The molecule has 2 N–H and O–H groups in total. The van der Waals surface area contributed by atoms with E-state index in [1.54, 1.807) is 12.1 Å². The van der Waals surface area contributed by atoms with Gasteiger partial charge in [-0.1, -0.05) is 19.3 Å². The molecule has 3 heteroatoms. The van der Waals surface area contributed by atoms with Crippen molar-refractivity contribution in [3.05, 3.63) is 35.6 Å². The predicted octanol–water partition coefficient (Wildman–Crippen LogP) is 2.92. The molecule has 1 aromatic rings. The highest BCUT2D eigenvalue weighted by Gasteiger charge is 2.27. The molecule has 0 radical (unpaired) electrons. The first-order valence-electron chi connectivity index (χ1n) is 6.24. The molecule has 1 aliphatic rings. The van der Waals surface area contributed by atoms with E-state index in [1.807, 2.05) is 0 Å². The second-order valence-electron chi connectivity index (χ2n) is 4.78. The lowest BCUT2D eigenvalue weighted by molar-refractivity contribution is 0.0894. The summed E-state index contributed by atoms with van der Waals surface area (Å²) in [6, 6.07) is 5.71. The Balaban J connectivity index is 2.15. The summed E-state index contributed by atoms with van der Waals surface area (Å²) in [5.41, 5.74) is 6.63. The van der Waals surface area contributed by atoms with Gasteiger partial charge in [-0.25, -0.2) is 4.39 Å². The predicted molar refractivity (Wildman–Crippen MR) is 65.3 cm³/mol. The molecule has 0 aromatic heterocycles. The van der Waals surface area contributed by atoms with Gasteiger partial charge < -0.3 is 5.73 Å². The lowest BCUT2D eigenvalue weighted by Crippen LogP contribution is -2.34. The molecule has 1 saturated carbocycles. The average molecular weight is 235 g/mol. The summed E-state index contributed by atoms with van der Waals surface area (Å²) in [4.78, 5) is 12.3. The standard InChI is InChI=1S/C14H18FNO/c15-11-8-6-10(7-9-11)14(17)12-4-2-1-3-5-13(12)16/h6-9,12-13H,1-5,16H2. The van der Waals surface area contributed by atoms with Gasteiger partial charge in [-0.15, -0.1) is 0 Å². The quantitative estimate of drug-likeness (QED) is 0.632. The summed E-state index contributed by atoms with van der Waals surface area (Å²) >= 11 is 0. The number of hydrogen-bond acceptors (Lipinski definition) is 2. The van der Waals surface area contributed by atoms with E-state index >= 15 is 0 Å². The van der Waals surface area contributed by atoms with Gasteiger partial charge in [0.1, 0.15) is 5.82 Å². The van der Waals surface area contributed by atoms with Gasteiger partial charge in [0.15, 0.2) is 5.78 Å². The molecule has 2 atom stereocenters. The molecular formula is C14H18FNO. The summed E-state index contributed by atoms with van der Waals surface area (Å²) in [5, 5.41) is 0. The van der Waals surface area contributed by atoms with Crippen molar-refractivity contribution in [2.75, 3.05) is 0 Å². The lowest BCUT2D eigenvalue weighted by atomic mass is 9.88. The van der Waals surface area contributed by atoms with Crippen molar-refractivity contribution in [2.24, 2.45) is 11.7 Å². The molecule has 17 heavy (non-hydrogen) atoms. The van der Waals surface area contributed by atoms with E-state index in [4.69, 9.17) is 5.73 Å². The van der Waals surface area contributed by atoms with Gasteiger partial charge in [0.05, 0.1) is 0 Å². The van der Waals surface area contributed by atoms with Crippen molar-refractivity contribution in [1.29, 1.82) is 0 Å². The highest BCUT2D eigenvalue weighted by Crippen LogP contribution is 2.25. The number of halogens is 1. The lowest BCUT2D eigenvalue weighted by Gasteiger charge is -2.19. The van der Waals surface area contributed by atoms with Gasteiger partial charge in [-0.3, -0.25) is 4.79 Å². The van der Waals surface area contributed by atoms with Crippen molar-refractivity contribution < 1.29 is 9.18 Å². The molecule has 1 aliphatic carbocycles. The molecule has 2 rings (SSSR count). The van der Waals surface area contributed by atoms with E-state index in [0.29, 0.717) is 5.56 Å². The van der Waals surface area contributed by atoms with Crippen molar-refractivity contribution in [3.8, 4) is 0 Å². The van der Waals surface area contributed by atoms with Gasteiger partial charge in [0.25, 0.3) is 0 Å². The summed E-state index contributed by atoms with van der Waals surface area (Å²) in [5.74, 6) is -0.339. The Labute approximate surface area is 101 Å². The summed E-state index contributed by atoms with van der Waals surface area (Å²) in [7, 11) is 0. The minimum absolute atomic E-state index is 0.0462. The van der Waals surface area contributed by atoms with Gasteiger partial charge >= 0.3 is 0 Å². The van der Waals surface area contributed by atoms with Crippen molar-refractivity contribution in [3.63, 3.8) is 0 Å². The Hall–Kier alpha value is -1.22. The Morgan fingerprint density at radius 3 is 2.47 bits per heavy atom. The fourth-order valence-corrected chi connectivity index (χ4v) is 2.49. The van der Waals surface area contributed by atoms with Crippen LogP contribution in [0.1, 0.15) is 42.5 Å². The number of carbonyl (C=O) groups excluding carboxylic acids is 1. The van der Waals surface area contributed by atoms with Crippen LogP contribution < -0.4 is 5.73 Å². The molecule has 0 bridgehead atoms. The maximum absolute atomic E-state index is 12.8. The Kier molecular flexibility index (Phi) is 3.89. The van der Waals surface area contributed by atoms with E-state index in [9.17, 15) is 9.18 Å². The first-order valence-corrected chi connectivity index (χ1v) is 6.24.